The van der Waals surface area contributed by atoms with Crippen LogP contribution < -0.4 is 5.32 Å². The van der Waals surface area contributed by atoms with Gasteiger partial charge in [-0.3, -0.25) is 9.89 Å². The minimum absolute atomic E-state index is 0.229. The molecule has 3 aromatic heterocycles. The van der Waals surface area contributed by atoms with Gasteiger partial charge < -0.3 is 9.73 Å². The first kappa shape index (κ1) is 17.0. The van der Waals surface area contributed by atoms with Crippen molar-refractivity contribution in [1.29, 1.82) is 0 Å². The molecular formula is C20H19N5O2. The van der Waals surface area contributed by atoms with E-state index in [1.165, 1.54) is 0 Å². The molecule has 7 nitrogen and oxygen atoms in total. The van der Waals surface area contributed by atoms with Crippen molar-refractivity contribution in [1.82, 2.24) is 25.5 Å². The van der Waals surface area contributed by atoms with Crippen LogP contribution in [0.25, 0.3) is 11.0 Å². The maximum Gasteiger partial charge on any atom is 0.289 e. The van der Waals surface area contributed by atoms with Gasteiger partial charge in [-0.2, -0.15) is 5.10 Å². The number of aryl methyl sites for hydroxylation is 2. The van der Waals surface area contributed by atoms with Gasteiger partial charge in [-0.1, -0.05) is 30.3 Å². The Hall–Kier alpha value is -3.48. The number of fused-ring (bicyclic) bond motifs is 1. The summed E-state index contributed by atoms with van der Waals surface area (Å²) in [7, 11) is 0. The average molecular weight is 361 g/mol. The van der Waals surface area contributed by atoms with Crippen LogP contribution in [0.1, 0.15) is 39.4 Å². The summed E-state index contributed by atoms with van der Waals surface area (Å²) >= 11 is 0. The fourth-order valence-electron chi connectivity index (χ4n) is 3.18. The third-order valence-electron chi connectivity index (χ3n) is 4.41. The molecule has 0 unspecified atom stereocenters. The Balaban J connectivity index is 1.69. The van der Waals surface area contributed by atoms with Crippen LogP contribution in [0.2, 0.25) is 0 Å². The molecule has 0 bridgehead atoms. The van der Waals surface area contributed by atoms with E-state index >= 15 is 0 Å². The number of pyridine rings is 1. The number of amides is 1. The van der Waals surface area contributed by atoms with E-state index in [1.807, 2.05) is 42.5 Å². The molecule has 0 saturated heterocycles. The van der Waals surface area contributed by atoms with Crippen LogP contribution >= 0.6 is 0 Å². The molecule has 1 atom stereocenters. The highest BCUT2D eigenvalue weighted by Gasteiger charge is 2.24. The van der Waals surface area contributed by atoms with Crippen molar-refractivity contribution >= 4 is 16.9 Å². The van der Waals surface area contributed by atoms with Crippen molar-refractivity contribution < 1.29 is 9.21 Å². The van der Waals surface area contributed by atoms with E-state index in [4.69, 9.17) is 4.42 Å². The Morgan fingerprint density at radius 3 is 2.74 bits per heavy atom. The summed E-state index contributed by atoms with van der Waals surface area (Å²) in [4.78, 5) is 21.3. The summed E-state index contributed by atoms with van der Waals surface area (Å²) in [5.41, 5.74) is 3.09. The van der Waals surface area contributed by atoms with Crippen LogP contribution in [0.5, 0.6) is 0 Å². The number of nitrogens with zero attached hydrogens (tertiary/aromatic N) is 3. The van der Waals surface area contributed by atoms with Gasteiger partial charge in [0.1, 0.15) is 0 Å². The smallest absolute Gasteiger partial charge is 0.289 e. The maximum absolute atomic E-state index is 12.8. The van der Waals surface area contributed by atoms with E-state index in [2.05, 4.69) is 25.5 Å². The van der Waals surface area contributed by atoms with Gasteiger partial charge in [-0.15, -0.1) is 0 Å². The molecule has 4 rings (SSSR count). The van der Waals surface area contributed by atoms with Gasteiger partial charge in [0.2, 0.25) is 5.76 Å². The number of H-pyrrole nitrogens is 1. The second-order valence-corrected chi connectivity index (χ2v) is 6.38. The minimum atomic E-state index is -0.320. The Bertz CT molecular complexity index is 1080. The molecule has 1 amide bonds. The van der Waals surface area contributed by atoms with Crippen LogP contribution in [-0.2, 0) is 6.42 Å². The number of benzene rings is 1. The monoisotopic (exact) mass is 361 g/mol. The normalized spacial score (nSPS) is 12.2. The molecule has 0 saturated carbocycles. The maximum atomic E-state index is 12.8. The predicted molar refractivity (Wildman–Crippen MR) is 100 cm³/mol. The van der Waals surface area contributed by atoms with Gasteiger partial charge in [0.25, 0.3) is 5.91 Å². The Kier molecular flexibility index (Phi) is 4.42. The van der Waals surface area contributed by atoms with E-state index in [1.54, 1.807) is 20.0 Å². The first-order chi connectivity index (χ1) is 13.1. The second kappa shape index (κ2) is 7.03. The number of oxazole rings is 1. The summed E-state index contributed by atoms with van der Waals surface area (Å²) in [5, 5.41) is 11.2. The molecule has 1 aromatic carbocycles. The van der Waals surface area contributed by atoms with Gasteiger partial charge in [-0.25, -0.2) is 9.97 Å². The van der Waals surface area contributed by atoms with E-state index in [0.29, 0.717) is 23.7 Å². The molecule has 3 heterocycles. The van der Waals surface area contributed by atoms with E-state index < -0.39 is 0 Å². The van der Waals surface area contributed by atoms with Gasteiger partial charge in [0, 0.05) is 18.5 Å². The largest absolute Gasteiger partial charge is 0.436 e. The van der Waals surface area contributed by atoms with Crippen LogP contribution in [-0.4, -0.2) is 26.1 Å². The summed E-state index contributed by atoms with van der Waals surface area (Å²) in [6, 6.07) is 13.4. The summed E-state index contributed by atoms with van der Waals surface area (Å²) in [5.74, 6) is 0.390. The molecule has 0 aliphatic rings. The van der Waals surface area contributed by atoms with Crippen molar-refractivity contribution in [2.75, 3.05) is 0 Å². The lowest BCUT2D eigenvalue weighted by molar-refractivity contribution is 0.0905. The quantitative estimate of drug-likeness (QED) is 0.569. The molecule has 0 spiro atoms. The summed E-state index contributed by atoms with van der Waals surface area (Å²) in [6.45, 7) is 3.48. The first-order valence-corrected chi connectivity index (χ1v) is 8.69. The molecule has 0 radical (unpaired) electrons. The van der Waals surface area contributed by atoms with Gasteiger partial charge in [0.15, 0.2) is 11.5 Å². The Labute approximate surface area is 155 Å². The lowest BCUT2D eigenvalue weighted by Gasteiger charge is -2.17. The molecule has 0 aliphatic heterocycles. The third-order valence-corrected chi connectivity index (χ3v) is 4.41. The lowest BCUT2D eigenvalue weighted by atomic mass is 10.0. The fraction of sp³-hybridized carbons (Fsp3) is 0.200. The van der Waals surface area contributed by atoms with Crippen LogP contribution in [0.15, 0.2) is 53.1 Å². The zero-order valence-corrected chi connectivity index (χ0v) is 15.1. The zero-order valence-electron chi connectivity index (χ0n) is 15.1. The van der Waals surface area contributed by atoms with Crippen molar-refractivity contribution in [2.24, 2.45) is 0 Å². The SMILES string of the molecule is Cc1nc(C)c(C(=O)N[C@@H](Cc2ccccc2)c2[nH]nc3ncccc23)o1. The van der Waals surface area contributed by atoms with E-state index in [0.717, 1.165) is 16.6 Å². The van der Waals surface area contributed by atoms with Crippen molar-refractivity contribution in [3.8, 4) is 0 Å². The number of carbonyl (C=O) groups excluding carboxylic acids is 1. The first-order valence-electron chi connectivity index (χ1n) is 8.69. The van der Waals surface area contributed by atoms with Crippen molar-refractivity contribution in [3.05, 3.63) is 77.3 Å². The fourth-order valence-corrected chi connectivity index (χ4v) is 3.18. The van der Waals surface area contributed by atoms with Crippen LogP contribution in [0.4, 0.5) is 0 Å². The second-order valence-electron chi connectivity index (χ2n) is 6.38. The van der Waals surface area contributed by atoms with E-state index in [9.17, 15) is 4.79 Å². The summed E-state index contributed by atoms with van der Waals surface area (Å²) < 4.78 is 5.47. The minimum Gasteiger partial charge on any atom is -0.436 e. The highest BCUT2D eigenvalue weighted by molar-refractivity contribution is 5.93. The Morgan fingerprint density at radius 1 is 1.19 bits per heavy atom. The number of aromatic nitrogens is 4. The third kappa shape index (κ3) is 3.44. The van der Waals surface area contributed by atoms with E-state index in [-0.39, 0.29) is 17.7 Å². The number of hydrogen-bond acceptors (Lipinski definition) is 5. The highest BCUT2D eigenvalue weighted by atomic mass is 16.4. The standard InChI is InChI=1S/C20H19N5O2/c1-12-18(27-13(2)22-12)20(26)23-16(11-14-7-4-3-5-8-14)17-15-9-6-10-21-19(15)25-24-17/h3-10,16H,11H2,1-2H3,(H,23,26)(H,21,24,25)/t16-/m0/s1. The molecule has 2 N–H and O–H groups in total. The molecule has 0 fully saturated rings. The molecule has 4 aromatic rings. The molecule has 0 aliphatic carbocycles. The van der Waals surface area contributed by atoms with Crippen LogP contribution in [0, 0.1) is 13.8 Å². The Morgan fingerprint density at radius 2 is 2.00 bits per heavy atom. The number of nitrogens with one attached hydrogen (secondary N) is 2. The number of hydrogen-bond donors (Lipinski definition) is 2. The molecular weight excluding hydrogens is 342 g/mol. The number of aromatic amines is 1. The van der Waals surface area contributed by atoms with Crippen molar-refractivity contribution in [2.45, 2.75) is 26.3 Å². The van der Waals surface area contributed by atoms with Gasteiger partial charge in [-0.05, 0) is 31.0 Å². The lowest BCUT2D eigenvalue weighted by Crippen LogP contribution is -2.30. The topological polar surface area (TPSA) is 96.7 Å². The average Bonchev–Trinajstić information content (AvgIpc) is 3.25. The summed E-state index contributed by atoms with van der Waals surface area (Å²) in [6.07, 6.45) is 2.29. The van der Waals surface area contributed by atoms with Crippen molar-refractivity contribution in [3.63, 3.8) is 0 Å². The zero-order chi connectivity index (χ0) is 18.8. The predicted octanol–water partition coefficient (Wildman–Crippen LogP) is 3.28. The van der Waals surface area contributed by atoms with Crippen LogP contribution in [0.3, 0.4) is 0 Å². The molecule has 27 heavy (non-hydrogen) atoms. The molecule has 136 valence electrons. The molecule has 7 heteroatoms. The van der Waals surface area contributed by atoms with Gasteiger partial charge >= 0.3 is 0 Å². The number of carbonyl (C=O) groups is 1. The highest BCUT2D eigenvalue weighted by Crippen LogP contribution is 2.24. The number of rotatable bonds is 5. The van der Waals surface area contributed by atoms with Gasteiger partial charge in [0.05, 0.1) is 17.4 Å².